The Labute approximate surface area is 180 Å². The standard InChI is InChI=1S/C21H17IN2O5/c1-28-20-18(22)11-15(12-19(20)29-13-14-5-3-2-4-6-14)21(25)23-16-7-9-17(10-8-16)24(26)27/h2-12H,13H2,1H3,(H,23,25). The van der Waals surface area contributed by atoms with Gasteiger partial charge in [-0.1, -0.05) is 30.3 Å². The van der Waals surface area contributed by atoms with Gasteiger partial charge in [0.2, 0.25) is 0 Å². The quantitative estimate of drug-likeness (QED) is 0.277. The Bertz CT molecular complexity index is 1020. The van der Waals surface area contributed by atoms with Crippen molar-refractivity contribution in [3.05, 3.63) is 91.5 Å². The van der Waals surface area contributed by atoms with E-state index in [1.807, 2.05) is 30.3 Å². The molecule has 0 radical (unpaired) electrons. The van der Waals surface area contributed by atoms with Crippen LogP contribution in [0.2, 0.25) is 0 Å². The number of nitro groups is 1. The summed E-state index contributed by atoms with van der Waals surface area (Å²) in [4.78, 5) is 22.9. The van der Waals surface area contributed by atoms with Crippen molar-refractivity contribution in [3.8, 4) is 11.5 Å². The van der Waals surface area contributed by atoms with Crippen LogP contribution in [0.1, 0.15) is 15.9 Å². The highest BCUT2D eigenvalue weighted by molar-refractivity contribution is 14.1. The van der Waals surface area contributed by atoms with Crippen molar-refractivity contribution in [2.24, 2.45) is 0 Å². The van der Waals surface area contributed by atoms with Gasteiger partial charge in [-0.2, -0.15) is 0 Å². The monoisotopic (exact) mass is 504 g/mol. The van der Waals surface area contributed by atoms with Gasteiger partial charge in [0, 0.05) is 23.4 Å². The Kier molecular flexibility index (Phi) is 6.65. The number of hydrogen-bond donors (Lipinski definition) is 1. The largest absolute Gasteiger partial charge is 0.492 e. The molecular weight excluding hydrogens is 487 g/mol. The summed E-state index contributed by atoms with van der Waals surface area (Å²) in [5, 5.41) is 13.5. The van der Waals surface area contributed by atoms with Gasteiger partial charge in [0.05, 0.1) is 15.6 Å². The van der Waals surface area contributed by atoms with Crippen LogP contribution in [-0.4, -0.2) is 17.9 Å². The van der Waals surface area contributed by atoms with Gasteiger partial charge in [0.25, 0.3) is 11.6 Å². The van der Waals surface area contributed by atoms with Gasteiger partial charge in [-0.05, 0) is 52.4 Å². The van der Waals surface area contributed by atoms with Crippen LogP contribution in [0.3, 0.4) is 0 Å². The van der Waals surface area contributed by atoms with Crippen molar-refractivity contribution in [3.63, 3.8) is 0 Å². The number of benzene rings is 3. The molecule has 0 aromatic heterocycles. The van der Waals surface area contributed by atoms with Gasteiger partial charge in [-0.25, -0.2) is 0 Å². The first-order valence-electron chi connectivity index (χ1n) is 8.58. The number of methoxy groups -OCH3 is 1. The van der Waals surface area contributed by atoms with Crippen LogP contribution >= 0.6 is 22.6 Å². The van der Waals surface area contributed by atoms with Gasteiger partial charge in [-0.15, -0.1) is 0 Å². The fourth-order valence-corrected chi connectivity index (χ4v) is 3.43. The molecule has 148 valence electrons. The van der Waals surface area contributed by atoms with Crippen molar-refractivity contribution in [1.29, 1.82) is 0 Å². The van der Waals surface area contributed by atoms with Crippen LogP contribution in [0.5, 0.6) is 11.5 Å². The zero-order valence-electron chi connectivity index (χ0n) is 15.4. The van der Waals surface area contributed by atoms with E-state index in [2.05, 4.69) is 27.9 Å². The number of hydrogen-bond acceptors (Lipinski definition) is 5. The van der Waals surface area contributed by atoms with Crippen LogP contribution in [-0.2, 0) is 6.61 Å². The summed E-state index contributed by atoms with van der Waals surface area (Å²) in [6.45, 7) is 0.334. The molecule has 0 fully saturated rings. The maximum Gasteiger partial charge on any atom is 0.269 e. The highest BCUT2D eigenvalue weighted by Crippen LogP contribution is 2.34. The number of ether oxygens (including phenoxy) is 2. The summed E-state index contributed by atoms with van der Waals surface area (Å²) >= 11 is 2.08. The molecule has 0 atom stereocenters. The van der Waals surface area contributed by atoms with Gasteiger partial charge < -0.3 is 14.8 Å². The predicted molar refractivity (Wildman–Crippen MR) is 118 cm³/mol. The highest BCUT2D eigenvalue weighted by Gasteiger charge is 2.16. The number of nitrogens with zero attached hydrogens (tertiary/aromatic N) is 1. The number of carbonyl (C=O) groups excluding carboxylic acids is 1. The molecule has 1 N–H and O–H groups in total. The first-order valence-corrected chi connectivity index (χ1v) is 9.66. The highest BCUT2D eigenvalue weighted by atomic mass is 127. The van der Waals surface area contributed by atoms with E-state index in [-0.39, 0.29) is 11.6 Å². The van der Waals surface area contributed by atoms with Crippen LogP contribution < -0.4 is 14.8 Å². The van der Waals surface area contributed by atoms with E-state index in [0.717, 1.165) is 9.13 Å². The van der Waals surface area contributed by atoms with Crippen molar-refractivity contribution in [2.45, 2.75) is 6.61 Å². The average molecular weight is 504 g/mol. The summed E-state index contributed by atoms with van der Waals surface area (Å²) in [6, 6.07) is 18.6. The molecule has 3 rings (SSSR count). The number of rotatable bonds is 7. The van der Waals surface area contributed by atoms with Crippen molar-refractivity contribution >= 4 is 39.9 Å². The molecule has 7 nitrogen and oxygen atoms in total. The number of nitrogens with one attached hydrogen (secondary N) is 1. The Hall–Kier alpha value is -3.14. The summed E-state index contributed by atoms with van der Waals surface area (Å²) in [5.41, 5.74) is 1.79. The second-order valence-electron chi connectivity index (χ2n) is 6.02. The molecule has 0 spiro atoms. The zero-order chi connectivity index (χ0) is 20.8. The molecule has 0 aliphatic heterocycles. The number of anilines is 1. The minimum atomic E-state index is -0.492. The topological polar surface area (TPSA) is 90.7 Å². The van der Waals surface area contributed by atoms with Crippen LogP contribution in [0.4, 0.5) is 11.4 Å². The number of nitro benzene ring substituents is 1. The first-order chi connectivity index (χ1) is 14.0. The second kappa shape index (κ2) is 9.37. The normalized spacial score (nSPS) is 10.3. The molecule has 0 heterocycles. The smallest absolute Gasteiger partial charge is 0.269 e. The van der Waals surface area contributed by atoms with E-state index in [4.69, 9.17) is 9.47 Å². The van der Waals surface area contributed by atoms with Crippen molar-refractivity contribution in [2.75, 3.05) is 12.4 Å². The zero-order valence-corrected chi connectivity index (χ0v) is 17.6. The summed E-state index contributed by atoms with van der Waals surface area (Å²) in [7, 11) is 1.55. The minimum absolute atomic E-state index is 0.0430. The molecule has 0 saturated heterocycles. The third-order valence-corrected chi connectivity index (χ3v) is 4.85. The molecule has 0 aliphatic rings. The maximum absolute atomic E-state index is 12.7. The van der Waals surface area contributed by atoms with Crippen molar-refractivity contribution < 1.29 is 19.2 Å². The Morgan fingerprint density at radius 2 is 1.79 bits per heavy atom. The summed E-state index contributed by atoms with van der Waals surface area (Å²) in [6.07, 6.45) is 0. The SMILES string of the molecule is COc1c(I)cc(C(=O)Nc2ccc([N+](=O)[O-])cc2)cc1OCc1ccccc1. The number of halogens is 1. The lowest BCUT2D eigenvalue weighted by atomic mass is 10.1. The molecule has 0 bridgehead atoms. The lowest BCUT2D eigenvalue weighted by Gasteiger charge is -2.14. The molecule has 3 aromatic carbocycles. The van der Waals surface area contributed by atoms with Crippen molar-refractivity contribution in [1.82, 2.24) is 0 Å². The van der Waals surface area contributed by atoms with Gasteiger partial charge in [0.15, 0.2) is 11.5 Å². The molecule has 1 amide bonds. The Morgan fingerprint density at radius 1 is 1.10 bits per heavy atom. The van der Waals surface area contributed by atoms with E-state index in [1.165, 1.54) is 24.3 Å². The van der Waals surface area contributed by atoms with Crippen LogP contribution in [0.25, 0.3) is 0 Å². The Balaban J connectivity index is 1.80. The molecule has 0 aliphatic carbocycles. The fraction of sp³-hybridized carbons (Fsp3) is 0.0952. The average Bonchev–Trinajstić information content (AvgIpc) is 2.73. The number of non-ortho nitro benzene ring substituents is 1. The Morgan fingerprint density at radius 3 is 2.41 bits per heavy atom. The van der Waals surface area contributed by atoms with Gasteiger partial charge >= 0.3 is 0 Å². The van der Waals surface area contributed by atoms with Crippen LogP contribution in [0.15, 0.2) is 66.7 Å². The first kappa shape index (κ1) is 20.6. The lowest BCUT2D eigenvalue weighted by molar-refractivity contribution is -0.384. The molecule has 0 saturated carbocycles. The fourth-order valence-electron chi connectivity index (χ4n) is 2.61. The van der Waals surface area contributed by atoms with E-state index < -0.39 is 4.92 Å². The third-order valence-electron chi connectivity index (χ3n) is 4.05. The number of carbonyl (C=O) groups is 1. The number of amides is 1. The summed E-state index contributed by atoms with van der Waals surface area (Å²) < 4.78 is 12.0. The predicted octanol–water partition coefficient (Wildman–Crippen LogP) is 5.04. The third kappa shape index (κ3) is 5.23. The maximum atomic E-state index is 12.7. The van der Waals surface area contributed by atoms with E-state index in [9.17, 15) is 14.9 Å². The van der Waals surface area contributed by atoms with Gasteiger partial charge in [-0.3, -0.25) is 14.9 Å². The summed E-state index contributed by atoms with van der Waals surface area (Å²) in [5.74, 6) is 0.648. The molecule has 29 heavy (non-hydrogen) atoms. The second-order valence-corrected chi connectivity index (χ2v) is 7.18. The molecule has 0 unspecified atom stereocenters. The van der Waals surface area contributed by atoms with E-state index >= 15 is 0 Å². The van der Waals surface area contributed by atoms with E-state index in [0.29, 0.717) is 29.4 Å². The van der Waals surface area contributed by atoms with Gasteiger partial charge in [0.1, 0.15) is 6.61 Å². The molecule has 8 heteroatoms. The lowest BCUT2D eigenvalue weighted by Crippen LogP contribution is -2.13. The van der Waals surface area contributed by atoms with E-state index in [1.54, 1.807) is 19.2 Å². The minimum Gasteiger partial charge on any atom is -0.492 e. The molecular formula is C21H17IN2O5. The van der Waals surface area contributed by atoms with Crippen LogP contribution in [0, 0.1) is 13.7 Å². The molecule has 3 aromatic rings.